The Morgan fingerprint density at radius 2 is 1.81 bits per heavy atom. The highest BCUT2D eigenvalue weighted by molar-refractivity contribution is 5.79. The van der Waals surface area contributed by atoms with Gasteiger partial charge < -0.3 is 14.6 Å². The molecule has 0 saturated carbocycles. The average molecular weight is 232 g/mol. The van der Waals surface area contributed by atoms with E-state index in [4.69, 9.17) is 9.84 Å². The van der Waals surface area contributed by atoms with Gasteiger partial charge in [-0.2, -0.15) is 0 Å². The molecular formula is C11H20O5. The summed E-state index contributed by atoms with van der Waals surface area (Å²) in [6.07, 6.45) is -0.722. The van der Waals surface area contributed by atoms with E-state index in [1.54, 1.807) is 6.92 Å². The first kappa shape index (κ1) is 14.9. The first-order chi connectivity index (χ1) is 7.17. The molecule has 0 amide bonds. The Morgan fingerprint density at radius 3 is 2.12 bits per heavy atom. The molecule has 0 heterocycles. The Morgan fingerprint density at radius 1 is 1.31 bits per heavy atom. The number of rotatable bonds is 5. The monoisotopic (exact) mass is 232 g/mol. The predicted molar refractivity (Wildman–Crippen MR) is 58.1 cm³/mol. The Balaban J connectivity index is 4.53. The first-order valence-electron chi connectivity index (χ1n) is 5.15. The van der Waals surface area contributed by atoms with Crippen molar-refractivity contribution in [1.29, 1.82) is 0 Å². The third kappa shape index (κ3) is 5.70. The standard InChI is InChI=1S/C11H20O5/c1-7(16-11(2,3)4)8(10(13)14)6-9(12)15-5/h7-8H,6H2,1-5H3,(H,13,14)/t7-,8+/m1/s1. The van der Waals surface area contributed by atoms with Gasteiger partial charge >= 0.3 is 11.9 Å². The summed E-state index contributed by atoms with van der Waals surface area (Å²) < 4.78 is 9.97. The Bertz CT molecular complexity index is 254. The third-order valence-electron chi connectivity index (χ3n) is 2.04. The molecule has 0 unspecified atom stereocenters. The SMILES string of the molecule is COC(=O)C[C@H](C(=O)O)[C@@H](C)OC(C)(C)C. The summed E-state index contributed by atoms with van der Waals surface area (Å²) in [5, 5.41) is 9.00. The van der Waals surface area contributed by atoms with Crippen LogP contribution in [0.4, 0.5) is 0 Å². The molecule has 0 saturated heterocycles. The van der Waals surface area contributed by atoms with Crippen molar-refractivity contribution in [3.05, 3.63) is 0 Å². The minimum Gasteiger partial charge on any atom is -0.481 e. The summed E-state index contributed by atoms with van der Waals surface area (Å²) in [5.41, 5.74) is -0.441. The fraction of sp³-hybridized carbons (Fsp3) is 0.818. The zero-order chi connectivity index (χ0) is 12.9. The topological polar surface area (TPSA) is 72.8 Å². The quantitative estimate of drug-likeness (QED) is 0.726. The van der Waals surface area contributed by atoms with Gasteiger partial charge in [0.25, 0.3) is 0 Å². The number of ether oxygens (including phenoxy) is 2. The molecule has 16 heavy (non-hydrogen) atoms. The van der Waals surface area contributed by atoms with E-state index < -0.39 is 29.6 Å². The van der Waals surface area contributed by atoms with E-state index in [2.05, 4.69) is 4.74 Å². The molecule has 2 atom stereocenters. The van der Waals surface area contributed by atoms with Crippen molar-refractivity contribution >= 4 is 11.9 Å². The molecule has 0 fully saturated rings. The van der Waals surface area contributed by atoms with Crippen molar-refractivity contribution in [2.45, 2.75) is 45.8 Å². The minimum atomic E-state index is -1.05. The lowest BCUT2D eigenvalue weighted by Gasteiger charge is -2.28. The number of aliphatic carboxylic acids is 1. The number of methoxy groups -OCH3 is 1. The fourth-order valence-electron chi connectivity index (χ4n) is 1.36. The number of carboxylic acid groups (broad SMARTS) is 1. The molecule has 5 heteroatoms. The predicted octanol–water partition coefficient (Wildman–Crippen LogP) is 1.45. The molecule has 0 aliphatic carbocycles. The summed E-state index contributed by atoms with van der Waals surface area (Å²) in [6.45, 7) is 7.15. The molecule has 0 rings (SSSR count). The molecule has 0 spiro atoms. The summed E-state index contributed by atoms with van der Waals surface area (Å²) in [7, 11) is 1.23. The van der Waals surface area contributed by atoms with Gasteiger partial charge in [0, 0.05) is 0 Å². The van der Waals surface area contributed by atoms with Gasteiger partial charge in [-0.05, 0) is 27.7 Å². The lowest BCUT2D eigenvalue weighted by atomic mass is 9.99. The highest BCUT2D eigenvalue weighted by Gasteiger charge is 2.31. The Labute approximate surface area is 95.7 Å². The zero-order valence-electron chi connectivity index (χ0n) is 10.4. The van der Waals surface area contributed by atoms with Gasteiger partial charge in [0.15, 0.2) is 0 Å². The van der Waals surface area contributed by atoms with Crippen LogP contribution in [0.3, 0.4) is 0 Å². The molecular weight excluding hydrogens is 212 g/mol. The van der Waals surface area contributed by atoms with E-state index in [1.807, 2.05) is 20.8 Å². The molecule has 0 aliphatic rings. The van der Waals surface area contributed by atoms with E-state index in [0.29, 0.717) is 0 Å². The van der Waals surface area contributed by atoms with Crippen LogP contribution in [0.15, 0.2) is 0 Å². The smallest absolute Gasteiger partial charge is 0.309 e. The molecule has 0 radical (unpaired) electrons. The summed E-state index contributed by atoms with van der Waals surface area (Å²) in [5.74, 6) is -2.48. The maximum Gasteiger partial charge on any atom is 0.309 e. The molecule has 0 aromatic carbocycles. The van der Waals surface area contributed by atoms with Crippen LogP contribution in [-0.4, -0.2) is 35.9 Å². The number of carboxylic acids is 1. The number of hydrogen-bond donors (Lipinski definition) is 1. The first-order valence-corrected chi connectivity index (χ1v) is 5.15. The molecule has 0 aromatic rings. The van der Waals surface area contributed by atoms with Crippen molar-refractivity contribution in [2.75, 3.05) is 7.11 Å². The van der Waals surface area contributed by atoms with E-state index in [0.717, 1.165) is 0 Å². The molecule has 0 aliphatic heterocycles. The van der Waals surface area contributed by atoms with E-state index in [1.165, 1.54) is 7.11 Å². The van der Waals surface area contributed by atoms with Crippen LogP contribution < -0.4 is 0 Å². The molecule has 0 bridgehead atoms. The van der Waals surface area contributed by atoms with Gasteiger partial charge in [-0.25, -0.2) is 0 Å². The van der Waals surface area contributed by atoms with E-state index >= 15 is 0 Å². The Hall–Kier alpha value is -1.10. The molecule has 5 nitrogen and oxygen atoms in total. The number of hydrogen-bond acceptors (Lipinski definition) is 4. The van der Waals surface area contributed by atoms with E-state index in [9.17, 15) is 9.59 Å². The summed E-state index contributed by atoms with van der Waals surface area (Å²) in [6, 6.07) is 0. The van der Waals surface area contributed by atoms with Gasteiger partial charge in [0.1, 0.15) is 0 Å². The largest absolute Gasteiger partial charge is 0.481 e. The highest BCUT2D eigenvalue weighted by Crippen LogP contribution is 2.19. The average Bonchev–Trinajstić information content (AvgIpc) is 2.09. The number of carbonyl (C=O) groups is 2. The van der Waals surface area contributed by atoms with Crippen LogP contribution in [0.25, 0.3) is 0 Å². The second kappa shape index (κ2) is 5.84. The maximum atomic E-state index is 11.1. The minimum absolute atomic E-state index is 0.177. The van der Waals surface area contributed by atoms with Gasteiger partial charge in [-0.15, -0.1) is 0 Å². The zero-order valence-corrected chi connectivity index (χ0v) is 10.4. The molecule has 1 N–H and O–H groups in total. The van der Waals surface area contributed by atoms with Crippen molar-refractivity contribution in [3.8, 4) is 0 Å². The number of carbonyl (C=O) groups excluding carboxylic acids is 1. The van der Waals surface area contributed by atoms with Crippen molar-refractivity contribution in [1.82, 2.24) is 0 Å². The fourth-order valence-corrected chi connectivity index (χ4v) is 1.36. The van der Waals surface area contributed by atoms with Crippen LogP contribution in [0, 0.1) is 5.92 Å². The second-order valence-corrected chi connectivity index (χ2v) is 4.66. The highest BCUT2D eigenvalue weighted by atomic mass is 16.5. The van der Waals surface area contributed by atoms with Gasteiger partial charge in [0.05, 0.1) is 31.2 Å². The molecule has 0 aromatic heterocycles. The van der Waals surface area contributed by atoms with Crippen molar-refractivity contribution in [3.63, 3.8) is 0 Å². The summed E-state index contributed by atoms with van der Waals surface area (Å²) in [4.78, 5) is 22.0. The lowest BCUT2D eigenvalue weighted by Crippen LogP contribution is -2.36. The van der Waals surface area contributed by atoms with Gasteiger partial charge in [-0.3, -0.25) is 9.59 Å². The Kier molecular flexibility index (Phi) is 5.44. The van der Waals surface area contributed by atoms with Crippen LogP contribution in [-0.2, 0) is 19.1 Å². The maximum absolute atomic E-state index is 11.1. The lowest BCUT2D eigenvalue weighted by molar-refractivity contribution is -0.159. The van der Waals surface area contributed by atoms with Crippen LogP contribution in [0.2, 0.25) is 0 Å². The summed E-state index contributed by atoms with van der Waals surface area (Å²) >= 11 is 0. The normalized spacial score (nSPS) is 15.3. The van der Waals surface area contributed by atoms with Crippen molar-refractivity contribution in [2.24, 2.45) is 5.92 Å². The van der Waals surface area contributed by atoms with Crippen LogP contribution >= 0.6 is 0 Å². The van der Waals surface area contributed by atoms with Gasteiger partial charge in [-0.1, -0.05) is 0 Å². The van der Waals surface area contributed by atoms with Crippen LogP contribution in [0.5, 0.6) is 0 Å². The number of esters is 1. The third-order valence-corrected chi connectivity index (χ3v) is 2.04. The van der Waals surface area contributed by atoms with Gasteiger partial charge in [0.2, 0.25) is 0 Å². The van der Waals surface area contributed by atoms with E-state index in [-0.39, 0.29) is 6.42 Å². The van der Waals surface area contributed by atoms with Crippen molar-refractivity contribution < 1.29 is 24.2 Å². The second-order valence-electron chi connectivity index (χ2n) is 4.66. The molecule has 94 valence electrons. The van der Waals surface area contributed by atoms with Crippen LogP contribution in [0.1, 0.15) is 34.1 Å².